The summed E-state index contributed by atoms with van der Waals surface area (Å²) in [6, 6.07) is 9.76. The lowest BCUT2D eigenvalue weighted by atomic mass is 10.1. The van der Waals surface area contributed by atoms with Gasteiger partial charge in [-0.3, -0.25) is 9.78 Å². The normalized spacial score (nSPS) is 11.5. The van der Waals surface area contributed by atoms with E-state index in [9.17, 15) is 4.79 Å². The predicted octanol–water partition coefficient (Wildman–Crippen LogP) is 3.06. The van der Waals surface area contributed by atoms with E-state index in [1.54, 1.807) is 6.21 Å². The summed E-state index contributed by atoms with van der Waals surface area (Å²) in [5, 5.41) is 5.42. The van der Waals surface area contributed by atoms with Gasteiger partial charge in [0.2, 0.25) is 5.95 Å². The molecule has 0 aliphatic heterocycles. The number of hydrazone groups is 1. The van der Waals surface area contributed by atoms with Gasteiger partial charge in [-0.15, -0.1) is 0 Å². The van der Waals surface area contributed by atoms with Crippen molar-refractivity contribution in [1.82, 2.24) is 14.5 Å². The second-order valence-electron chi connectivity index (χ2n) is 5.57. The Bertz CT molecular complexity index is 952. The molecule has 124 valence electrons. The molecule has 6 heteroatoms. The van der Waals surface area contributed by atoms with Crippen LogP contribution in [0.3, 0.4) is 0 Å². The predicted molar refractivity (Wildman–Crippen MR) is 97.8 cm³/mol. The van der Waals surface area contributed by atoms with E-state index < -0.39 is 0 Å². The lowest BCUT2D eigenvalue weighted by Gasteiger charge is -2.03. The van der Waals surface area contributed by atoms with E-state index in [1.807, 2.05) is 19.1 Å². The first kappa shape index (κ1) is 16.0. The van der Waals surface area contributed by atoms with Gasteiger partial charge in [0.1, 0.15) is 0 Å². The molecule has 0 saturated carbocycles. The number of hydrogen-bond donors (Lipinski definition) is 2. The van der Waals surface area contributed by atoms with Gasteiger partial charge in [0.15, 0.2) is 0 Å². The average molecular weight is 323 g/mol. The third-order valence-electron chi connectivity index (χ3n) is 4.12. The fourth-order valence-corrected chi connectivity index (χ4v) is 2.93. The Balaban J connectivity index is 1.93. The van der Waals surface area contributed by atoms with E-state index in [4.69, 9.17) is 0 Å². The first-order valence-electron chi connectivity index (χ1n) is 8.11. The van der Waals surface area contributed by atoms with Crippen molar-refractivity contribution in [2.75, 3.05) is 5.43 Å². The number of hydrogen-bond acceptors (Lipinski definition) is 4. The molecular weight excluding hydrogens is 302 g/mol. The van der Waals surface area contributed by atoms with Crippen molar-refractivity contribution in [3.8, 4) is 0 Å². The zero-order chi connectivity index (χ0) is 17.1. The minimum atomic E-state index is -0.182. The Hall–Kier alpha value is -2.89. The van der Waals surface area contributed by atoms with E-state index in [2.05, 4.69) is 51.0 Å². The Labute approximate surface area is 140 Å². The highest BCUT2D eigenvalue weighted by atomic mass is 16.1. The van der Waals surface area contributed by atoms with Crippen molar-refractivity contribution in [2.45, 2.75) is 33.7 Å². The molecule has 2 N–H and O–H groups in total. The Morgan fingerprint density at radius 3 is 2.88 bits per heavy atom. The Morgan fingerprint density at radius 2 is 2.12 bits per heavy atom. The maximum absolute atomic E-state index is 11.6. The topological polar surface area (TPSA) is 75.1 Å². The molecule has 0 amide bonds. The van der Waals surface area contributed by atoms with Gasteiger partial charge in [0, 0.05) is 40.5 Å². The SMILES string of the molecule is CCc1cc(=O)[nH]c(N/N=C\c2c(C)n(CC)c3ccccc23)n1. The summed E-state index contributed by atoms with van der Waals surface area (Å²) in [5.74, 6) is 0.354. The minimum absolute atomic E-state index is 0.182. The van der Waals surface area contributed by atoms with Gasteiger partial charge >= 0.3 is 0 Å². The minimum Gasteiger partial charge on any atom is -0.344 e. The number of H-pyrrole nitrogens is 1. The molecule has 0 radical (unpaired) electrons. The highest BCUT2D eigenvalue weighted by Gasteiger charge is 2.10. The van der Waals surface area contributed by atoms with E-state index in [0.717, 1.165) is 28.9 Å². The quantitative estimate of drug-likeness (QED) is 0.560. The van der Waals surface area contributed by atoms with Crippen molar-refractivity contribution in [3.05, 3.63) is 57.6 Å². The second-order valence-corrected chi connectivity index (χ2v) is 5.57. The van der Waals surface area contributed by atoms with Gasteiger partial charge in [-0.05, 0) is 26.3 Å². The van der Waals surface area contributed by atoms with Gasteiger partial charge in [-0.25, -0.2) is 10.4 Å². The molecule has 0 bridgehead atoms. The van der Waals surface area contributed by atoms with Crippen LogP contribution in [0.25, 0.3) is 10.9 Å². The molecule has 0 aliphatic carbocycles. The maximum Gasteiger partial charge on any atom is 0.252 e. The molecule has 0 unspecified atom stereocenters. The number of rotatable bonds is 5. The van der Waals surface area contributed by atoms with Crippen LogP contribution in [-0.2, 0) is 13.0 Å². The molecule has 0 fully saturated rings. The van der Waals surface area contributed by atoms with Crippen LogP contribution in [0, 0.1) is 6.92 Å². The summed E-state index contributed by atoms with van der Waals surface area (Å²) < 4.78 is 2.26. The monoisotopic (exact) mass is 323 g/mol. The number of nitrogens with zero attached hydrogens (tertiary/aromatic N) is 3. The molecule has 1 aromatic carbocycles. The number of benzene rings is 1. The van der Waals surface area contributed by atoms with Gasteiger partial charge in [0.05, 0.1) is 6.21 Å². The summed E-state index contributed by atoms with van der Waals surface area (Å²) in [6.45, 7) is 7.07. The molecule has 0 saturated heterocycles. The van der Waals surface area contributed by atoms with Crippen LogP contribution >= 0.6 is 0 Å². The van der Waals surface area contributed by atoms with E-state index in [1.165, 1.54) is 11.6 Å². The number of aryl methyl sites for hydroxylation is 2. The third kappa shape index (κ3) is 2.95. The summed E-state index contributed by atoms with van der Waals surface area (Å²) in [7, 11) is 0. The second kappa shape index (κ2) is 6.70. The standard InChI is InChI=1S/C18H21N5O/c1-4-13-10-17(24)21-18(20-13)22-19-11-15-12(3)23(5-2)16-9-7-6-8-14(15)16/h6-11H,4-5H2,1-3H3,(H2,20,21,22,24)/b19-11-. The van der Waals surface area contributed by atoms with E-state index in [0.29, 0.717) is 12.4 Å². The van der Waals surface area contributed by atoms with Gasteiger partial charge in [-0.2, -0.15) is 5.10 Å². The fourth-order valence-electron chi connectivity index (χ4n) is 2.93. The summed E-state index contributed by atoms with van der Waals surface area (Å²) in [6.07, 6.45) is 2.48. The fraction of sp³-hybridized carbons (Fsp3) is 0.278. The van der Waals surface area contributed by atoms with Crippen molar-refractivity contribution in [3.63, 3.8) is 0 Å². The maximum atomic E-state index is 11.6. The summed E-state index contributed by atoms with van der Waals surface area (Å²) in [5.41, 5.74) is 6.79. The lowest BCUT2D eigenvalue weighted by molar-refractivity contribution is 0.769. The molecule has 2 aromatic heterocycles. The van der Waals surface area contributed by atoms with Crippen LogP contribution in [0.4, 0.5) is 5.95 Å². The number of fused-ring (bicyclic) bond motifs is 1. The largest absolute Gasteiger partial charge is 0.344 e. The Kier molecular flexibility index (Phi) is 4.46. The summed E-state index contributed by atoms with van der Waals surface area (Å²) >= 11 is 0. The highest BCUT2D eigenvalue weighted by molar-refractivity contribution is 6.01. The van der Waals surface area contributed by atoms with E-state index in [-0.39, 0.29) is 5.56 Å². The molecule has 2 heterocycles. The van der Waals surface area contributed by atoms with Crippen molar-refractivity contribution in [2.24, 2.45) is 5.10 Å². The molecule has 3 aromatic rings. The van der Waals surface area contributed by atoms with Crippen molar-refractivity contribution < 1.29 is 0 Å². The first-order chi connectivity index (χ1) is 11.6. The van der Waals surface area contributed by atoms with Crippen LogP contribution in [0.2, 0.25) is 0 Å². The van der Waals surface area contributed by atoms with Crippen molar-refractivity contribution in [1.29, 1.82) is 0 Å². The summed E-state index contributed by atoms with van der Waals surface area (Å²) in [4.78, 5) is 18.5. The number of anilines is 1. The zero-order valence-electron chi connectivity index (χ0n) is 14.1. The first-order valence-corrected chi connectivity index (χ1v) is 8.11. The molecular formula is C18H21N5O. The number of para-hydroxylation sites is 1. The van der Waals surface area contributed by atoms with Crippen molar-refractivity contribution >= 4 is 23.1 Å². The highest BCUT2D eigenvalue weighted by Crippen LogP contribution is 2.24. The van der Waals surface area contributed by atoms with E-state index >= 15 is 0 Å². The Morgan fingerprint density at radius 1 is 1.33 bits per heavy atom. The molecule has 24 heavy (non-hydrogen) atoms. The smallest absolute Gasteiger partial charge is 0.252 e. The molecule has 6 nitrogen and oxygen atoms in total. The molecule has 0 atom stereocenters. The van der Waals surface area contributed by atoms with Crippen LogP contribution < -0.4 is 11.0 Å². The molecule has 0 aliphatic rings. The average Bonchev–Trinajstić information content (AvgIpc) is 2.86. The molecule has 3 rings (SSSR count). The van der Waals surface area contributed by atoms with Gasteiger partial charge in [0.25, 0.3) is 5.56 Å². The van der Waals surface area contributed by atoms with Crippen LogP contribution in [0.15, 0.2) is 40.2 Å². The van der Waals surface area contributed by atoms with Crippen LogP contribution in [0.5, 0.6) is 0 Å². The van der Waals surface area contributed by atoms with Crippen LogP contribution in [0.1, 0.15) is 30.8 Å². The van der Waals surface area contributed by atoms with Gasteiger partial charge in [-0.1, -0.05) is 25.1 Å². The number of nitrogens with one attached hydrogen (secondary N) is 2. The van der Waals surface area contributed by atoms with Crippen LogP contribution in [-0.4, -0.2) is 20.7 Å². The lowest BCUT2D eigenvalue weighted by Crippen LogP contribution is -2.11. The number of aromatic nitrogens is 3. The zero-order valence-corrected chi connectivity index (χ0v) is 14.1. The molecule has 0 spiro atoms. The van der Waals surface area contributed by atoms with Gasteiger partial charge < -0.3 is 4.57 Å². The third-order valence-corrected chi connectivity index (χ3v) is 4.12. The number of aromatic amines is 1.